The first-order valence-corrected chi connectivity index (χ1v) is 8.76. The molecule has 0 radical (unpaired) electrons. The van der Waals surface area contributed by atoms with Crippen LogP contribution < -0.4 is 15.2 Å². The molecule has 0 bridgehead atoms. The van der Waals surface area contributed by atoms with Gasteiger partial charge >= 0.3 is 0 Å². The van der Waals surface area contributed by atoms with Gasteiger partial charge < -0.3 is 19.1 Å². The van der Waals surface area contributed by atoms with Gasteiger partial charge in [0, 0.05) is 57.1 Å². The summed E-state index contributed by atoms with van der Waals surface area (Å²) in [6.07, 6.45) is 0.662. The van der Waals surface area contributed by atoms with E-state index in [1.807, 2.05) is 61.2 Å². The van der Waals surface area contributed by atoms with Gasteiger partial charge in [0.2, 0.25) is 0 Å². The molecule has 6 heteroatoms. The van der Waals surface area contributed by atoms with Gasteiger partial charge in [0.1, 0.15) is 11.9 Å². The maximum atomic E-state index is 12.8. The minimum Gasteiger partial charge on any atom is -0.488 e. The number of rotatable bonds is 4. The highest BCUT2D eigenvalue weighted by Gasteiger charge is 2.28. The van der Waals surface area contributed by atoms with E-state index in [1.54, 1.807) is 11.6 Å². The van der Waals surface area contributed by atoms with Crippen molar-refractivity contribution in [3.63, 3.8) is 0 Å². The van der Waals surface area contributed by atoms with Gasteiger partial charge in [-0.2, -0.15) is 0 Å². The van der Waals surface area contributed by atoms with E-state index >= 15 is 0 Å². The van der Waals surface area contributed by atoms with E-state index in [1.165, 1.54) is 6.07 Å². The molecule has 1 atom stereocenters. The lowest BCUT2D eigenvalue weighted by Gasteiger charge is -2.19. The second kappa shape index (κ2) is 7.23. The number of pyridine rings is 1. The fourth-order valence-electron chi connectivity index (χ4n) is 3.11. The fourth-order valence-corrected chi connectivity index (χ4v) is 3.11. The van der Waals surface area contributed by atoms with E-state index < -0.39 is 0 Å². The topological polar surface area (TPSA) is 54.8 Å². The van der Waals surface area contributed by atoms with Crippen LogP contribution >= 0.6 is 0 Å². The van der Waals surface area contributed by atoms with Gasteiger partial charge in [0.05, 0.1) is 6.54 Å². The van der Waals surface area contributed by atoms with Crippen molar-refractivity contribution in [1.29, 1.82) is 0 Å². The summed E-state index contributed by atoms with van der Waals surface area (Å²) < 4.78 is 7.53. The van der Waals surface area contributed by atoms with Crippen LogP contribution in [0.15, 0.2) is 41.2 Å². The number of hydrogen-bond acceptors (Lipinski definition) is 4. The molecule has 1 saturated heterocycles. The van der Waals surface area contributed by atoms with Crippen molar-refractivity contribution in [2.24, 2.45) is 7.05 Å². The summed E-state index contributed by atoms with van der Waals surface area (Å²) in [5.74, 6) is 0.583. The molecular weight excluding hydrogens is 330 g/mol. The first-order valence-electron chi connectivity index (χ1n) is 8.76. The van der Waals surface area contributed by atoms with E-state index in [4.69, 9.17) is 4.74 Å². The summed E-state index contributed by atoms with van der Waals surface area (Å²) in [6, 6.07) is 11.0. The predicted octanol–water partition coefficient (Wildman–Crippen LogP) is 2.05. The van der Waals surface area contributed by atoms with Crippen LogP contribution in [0.1, 0.15) is 22.5 Å². The first kappa shape index (κ1) is 18.0. The maximum absolute atomic E-state index is 12.8. The molecule has 1 aliphatic heterocycles. The zero-order valence-corrected chi connectivity index (χ0v) is 15.7. The van der Waals surface area contributed by atoms with E-state index in [0.717, 1.165) is 17.8 Å². The van der Waals surface area contributed by atoms with Crippen LogP contribution in [0.3, 0.4) is 0 Å². The molecule has 1 aromatic heterocycles. The Kier molecular flexibility index (Phi) is 5.02. The molecule has 26 heavy (non-hydrogen) atoms. The summed E-state index contributed by atoms with van der Waals surface area (Å²) in [5, 5.41) is 0. The molecule has 0 spiro atoms. The normalized spacial score (nSPS) is 16.6. The Hall–Kier alpha value is -2.76. The van der Waals surface area contributed by atoms with Gasteiger partial charge in [-0.25, -0.2) is 0 Å². The van der Waals surface area contributed by atoms with Gasteiger partial charge in [0.25, 0.3) is 11.5 Å². The summed E-state index contributed by atoms with van der Waals surface area (Å²) in [7, 11) is 5.64. The van der Waals surface area contributed by atoms with Gasteiger partial charge in [-0.1, -0.05) is 6.07 Å². The summed E-state index contributed by atoms with van der Waals surface area (Å²) in [6.45, 7) is 3.05. The number of ether oxygens (including phenoxy) is 1. The van der Waals surface area contributed by atoms with Crippen LogP contribution in [-0.2, 0) is 7.05 Å². The minimum atomic E-state index is -0.0949. The smallest absolute Gasteiger partial charge is 0.254 e. The second-order valence-electron chi connectivity index (χ2n) is 6.95. The van der Waals surface area contributed by atoms with Crippen molar-refractivity contribution >= 4 is 11.6 Å². The van der Waals surface area contributed by atoms with Crippen molar-refractivity contribution in [2.75, 3.05) is 32.1 Å². The molecule has 1 fully saturated rings. The van der Waals surface area contributed by atoms with Crippen LogP contribution in [0.25, 0.3) is 0 Å². The number of likely N-dealkylation sites (tertiary alicyclic amines) is 1. The van der Waals surface area contributed by atoms with Gasteiger partial charge in [-0.15, -0.1) is 0 Å². The van der Waals surface area contributed by atoms with E-state index in [9.17, 15) is 9.59 Å². The van der Waals surface area contributed by atoms with Gasteiger partial charge in [-0.3, -0.25) is 9.59 Å². The molecule has 6 nitrogen and oxygen atoms in total. The highest BCUT2D eigenvalue weighted by molar-refractivity contribution is 5.95. The molecule has 2 heterocycles. The van der Waals surface area contributed by atoms with E-state index in [0.29, 0.717) is 24.4 Å². The third kappa shape index (κ3) is 3.74. The predicted molar refractivity (Wildman–Crippen MR) is 102 cm³/mol. The number of amides is 1. The molecule has 0 saturated carbocycles. The number of carbonyl (C=O) groups is 1. The van der Waals surface area contributed by atoms with Crippen molar-refractivity contribution < 1.29 is 9.53 Å². The second-order valence-corrected chi connectivity index (χ2v) is 6.95. The lowest BCUT2D eigenvalue weighted by molar-refractivity contribution is 0.0772. The number of nitrogens with zero attached hydrogens (tertiary/aromatic N) is 3. The van der Waals surface area contributed by atoms with Crippen molar-refractivity contribution in [2.45, 2.75) is 19.4 Å². The molecule has 1 aliphatic rings. The quantitative estimate of drug-likeness (QED) is 0.842. The number of aromatic nitrogens is 1. The van der Waals surface area contributed by atoms with Crippen molar-refractivity contribution in [3.8, 4) is 5.75 Å². The minimum absolute atomic E-state index is 0.0138. The van der Waals surface area contributed by atoms with Crippen LogP contribution in [0.5, 0.6) is 5.75 Å². The highest BCUT2D eigenvalue weighted by atomic mass is 16.5. The van der Waals surface area contributed by atoms with Crippen LogP contribution in [0.4, 0.5) is 5.69 Å². The van der Waals surface area contributed by atoms with Crippen molar-refractivity contribution in [3.05, 3.63) is 58.0 Å². The molecule has 3 rings (SSSR count). The first-order chi connectivity index (χ1) is 12.3. The zero-order valence-electron chi connectivity index (χ0n) is 15.7. The molecule has 1 unspecified atom stereocenters. The third-order valence-electron chi connectivity index (χ3n) is 4.82. The van der Waals surface area contributed by atoms with E-state index in [2.05, 4.69) is 0 Å². The Morgan fingerprint density at radius 1 is 1.23 bits per heavy atom. The summed E-state index contributed by atoms with van der Waals surface area (Å²) in [4.78, 5) is 28.5. The maximum Gasteiger partial charge on any atom is 0.254 e. The standard InChI is InChI=1S/C20H25N3O3/c1-14-10-18(12-19(24)22(14)4)26-17-8-9-23(13-17)20(25)15-6-5-7-16(11-15)21(2)3/h5-7,10-12,17H,8-9,13H2,1-4H3. The molecule has 2 aromatic rings. The Labute approximate surface area is 153 Å². The summed E-state index contributed by atoms with van der Waals surface area (Å²) >= 11 is 0. The SMILES string of the molecule is Cc1cc(OC2CCN(C(=O)c3cccc(N(C)C)c3)C2)cc(=O)n1C. The lowest BCUT2D eigenvalue weighted by Crippen LogP contribution is -2.31. The molecule has 0 aliphatic carbocycles. The molecule has 138 valence electrons. The van der Waals surface area contributed by atoms with E-state index in [-0.39, 0.29) is 17.6 Å². The van der Waals surface area contributed by atoms with Crippen LogP contribution in [0.2, 0.25) is 0 Å². The Bertz CT molecular complexity index is 873. The van der Waals surface area contributed by atoms with Crippen LogP contribution in [-0.4, -0.2) is 48.7 Å². The number of aryl methyl sites for hydroxylation is 1. The monoisotopic (exact) mass is 355 g/mol. The number of anilines is 1. The fraction of sp³-hybridized carbons (Fsp3) is 0.400. The zero-order chi connectivity index (χ0) is 18.8. The lowest BCUT2D eigenvalue weighted by atomic mass is 10.1. The number of carbonyl (C=O) groups excluding carboxylic acids is 1. The molecular formula is C20H25N3O3. The van der Waals surface area contributed by atoms with Crippen LogP contribution in [0, 0.1) is 6.92 Å². The molecule has 1 aromatic carbocycles. The average Bonchev–Trinajstić information content (AvgIpc) is 3.07. The third-order valence-corrected chi connectivity index (χ3v) is 4.82. The molecule has 0 N–H and O–H groups in total. The van der Waals surface area contributed by atoms with Gasteiger partial charge in [-0.05, 0) is 31.2 Å². The summed E-state index contributed by atoms with van der Waals surface area (Å²) in [5.41, 5.74) is 2.44. The van der Waals surface area contributed by atoms with Crippen molar-refractivity contribution in [1.82, 2.24) is 9.47 Å². The Balaban J connectivity index is 1.68. The van der Waals surface area contributed by atoms with Gasteiger partial charge in [0.15, 0.2) is 0 Å². The largest absolute Gasteiger partial charge is 0.488 e. The highest BCUT2D eigenvalue weighted by Crippen LogP contribution is 2.21. The average molecular weight is 355 g/mol. The number of benzene rings is 1. The molecule has 1 amide bonds. The Morgan fingerprint density at radius 3 is 2.69 bits per heavy atom. The number of hydrogen-bond donors (Lipinski definition) is 0. The Morgan fingerprint density at radius 2 is 2.00 bits per heavy atom.